The van der Waals surface area contributed by atoms with Gasteiger partial charge in [-0.1, -0.05) is 67.4 Å². The van der Waals surface area contributed by atoms with Crippen LogP contribution in [0.2, 0.25) is 10.0 Å². The number of hydrogen-bond donors (Lipinski definition) is 2. The van der Waals surface area contributed by atoms with Gasteiger partial charge in [0.15, 0.2) is 0 Å². The molecule has 0 aliphatic heterocycles. The molecule has 162 valence electrons. The lowest BCUT2D eigenvalue weighted by Crippen LogP contribution is -2.14. The first-order valence-electron chi connectivity index (χ1n) is 10.2. The molecule has 0 aliphatic rings. The molecule has 3 aromatic rings. The summed E-state index contributed by atoms with van der Waals surface area (Å²) in [5.41, 5.74) is 3.58. The second kappa shape index (κ2) is 11.1. The van der Waals surface area contributed by atoms with Crippen LogP contribution in [0, 0.1) is 5.92 Å². The van der Waals surface area contributed by atoms with Crippen molar-refractivity contribution >= 4 is 40.5 Å². The van der Waals surface area contributed by atoms with Gasteiger partial charge in [-0.2, -0.15) is 0 Å². The Labute approximate surface area is 193 Å². The van der Waals surface area contributed by atoms with E-state index in [4.69, 9.17) is 27.9 Å². The summed E-state index contributed by atoms with van der Waals surface area (Å²) in [5, 5.41) is 7.52. The summed E-state index contributed by atoms with van der Waals surface area (Å²) in [7, 11) is 0. The minimum Gasteiger partial charge on any atom is -0.488 e. The van der Waals surface area contributed by atoms with Gasteiger partial charge in [0.2, 0.25) is 5.91 Å². The van der Waals surface area contributed by atoms with Crippen LogP contribution in [0.1, 0.15) is 31.4 Å². The van der Waals surface area contributed by atoms with E-state index in [0.717, 1.165) is 28.3 Å². The number of rotatable bonds is 9. The van der Waals surface area contributed by atoms with Crippen molar-refractivity contribution in [2.75, 3.05) is 10.6 Å². The van der Waals surface area contributed by atoms with Gasteiger partial charge in [-0.3, -0.25) is 4.79 Å². The molecule has 0 unspecified atom stereocenters. The molecule has 0 fully saturated rings. The van der Waals surface area contributed by atoms with Crippen LogP contribution in [0.5, 0.6) is 5.75 Å². The second-order valence-corrected chi connectivity index (χ2v) is 8.56. The highest BCUT2D eigenvalue weighted by Crippen LogP contribution is 2.25. The SMILES string of the molecule is CC(C)CC(=O)Nc1cccc(NCc2ccccc2OCc2ccc(Cl)cc2Cl)c1. The molecule has 0 atom stereocenters. The number of nitrogens with one attached hydrogen (secondary N) is 2. The van der Waals surface area contributed by atoms with E-state index in [1.165, 1.54) is 0 Å². The number of anilines is 2. The van der Waals surface area contributed by atoms with Crippen LogP contribution in [-0.4, -0.2) is 5.91 Å². The van der Waals surface area contributed by atoms with Crippen LogP contribution in [-0.2, 0) is 17.9 Å². The van der Waals surface area contributed by atoms with Crippen LogP contribution >= 0.6 is 23.2 Å². The Morgan fingerprint density at radius 1 is 0.935 bits per heavy atom. The third kappa shape index (κ3) is 7.20. The first kappa shape index (κ1) is 23.0. The predicted molar refractivity (Wildman–Crippen MR) is 129 cm³/mol. The zero-order valence-corrected chi connectivity index (χ0v) is 19.1. The lowest BCUT2D eigenvalue weighted by Gasteiger charge is -2.14. The summed E-state index contributed by atoms with van der Waals surface area (Å²) in [5.74, 6) is 1.12. The fraction of sp³-hybridized carbons (Fsp3) is 0.240. The lowest BCUT2D eigenvalue weighted by molar-refractivity contribution is -0.116. The van der Waals surface area contributed by atoms with E-state index in [2.05, 4.69) is 10.6 Å². The maximum absolute atomic E-state index is 12.0. The van der Waals surface area contributed by atoms with Gasteiger partial charge in [-0.25, -0.2) is 0 Å². The first-order chi connectivity index (χ1) is 14.9. The third-order valence-electron chi connectivity index (χ3n) is 4.59. The monoisotopic (exact) mass is 456 g/mol. The van der Waals surface area contributed by atoms with Gasteiger partial charge >= 0.3 is 0 Å². The molecule has 3 aromatic carbocycles. The van der Waals surface area contributed by atoms with Gasteiger partial charge in [-0.15, -0.1) is 0 Å². The Hall–Kier alpha value is -2.69. The van der Waals surface area contributed by atoms with E-state index in [1.54, 1.807) is 12.1 Å². The molecule has 0 aromatic heterocycles. The minimum absolute atomic E-state index is 0.0201. The van der Waals surface area contributed by atoms with Crippen molar-refractivity contribution in [3.63, 3.8) is 0 Å². The van der Waals surface area contributed by atoms with Gasteiger partial charge in [0, 0.05) is 45.5 Å². The summed E-state index contributed by atoms with van der Waals surface area (Å²) < 4.78 is 6.02. The van der Waals surface area contributed by atoms with E-state index in [0.29, 0.717) is 35.5 Å². The Balaban J connectivity index is 1.62. The fourth-order valence-electron chi connectivity index (χ4n) is 3.07. The van der Waals surface area contributed by atoms with Crippen LogP contribution in [0.25, 0.3) is 0 Å². The van der Waals surface area contributed by atoms with Crippen LogP contribution < -0.4 is 15.4 Å². The smallest absolute Gasteiger partial charge is 0.224 e. The number of ether oxygens (including phenoxy) is 1. The molecule has 3 rings (SSSR count). The van der Waals surface area contributed by atoms with Crippen LogP contribution in [0.15, 0.2) is 66.7 Å². The van der Waals surface area contributed by atoms with E-state index in [9.17, 15) is 4.79 Å². The molecule has 0 saturated heterocycles. The number of carbonyl (C=O) groups excluding carboxylic acids is 1. The molecule has 31 heavy (non-hydrogen) atoms. The first-order valence-corrected chi connectivity index (χ1v) is 10.9. The highest BCUT2D eigenvalue weighted by Gasteiger charge is 2.08. The van der Waals surface area contributed by atoms with Gasteiger partial charge in [0.25, 0.3) is 0 Å². The standard InChI is InChI=1S/C25H26Cl2N2O2/c1-17(2)12-25(30)29-22-8-5-7-21(14-22)28-15-18-6-3-4-9-24(18)31-16-19-10-11-20(26)13-23(19)27/h3-11,13-14,17,28H,12,15-16H2,1-2H3,(H,29,30). The highest BCUT2D eigenvalue weighted by molar-refractivity contribution is 6.35. The Kier molecular flexibility index (Phi) is 8.21. The van der Waals surface area contributed by atoms with Gasteiger partial charge < -0.3 is 15.4 Å². The van der Waals surface area contributed by atoms with Crippen molar-refractivity contribution < 1.29 is 9.53 Å². The van der Waals surface area contributed by atoms with E-state index < -0.39 is 0 Å². The van der Waals surface area contributed by atoms with Crippen molar-refractivity contribution in [3.8, 4) is 5.75 Å². The van der Waals surface area contributed by atoms with Gasteiger partial charge in [0.05, 0.1) is 0 Å². The Morgan fingerprint density at radius 2 is 1.71 bits per heavy atom. The summed E-state index contributed by atoms with van der Waals surface area (Å²) in [6.45, 7) is 4.98. The third-order valence-corrected chi connectivity index (χ3v) is 5.18. The highest BCUT2D eigenvalue weighted by atomic mass is 35.5. The van der Waals surface area contributed by atoms with Crippen LogP contribution in [0.4, 0.5) is 11.4 Å². The summed E-state index contributed by atoms with van der Waals surface area (Å²) in [4.78, 5) is 12.0. The van der Waals surface area contributed by atoms with Gasteiger partial charge in [0.1, 0.15) is 12.4 Å². The second-order valence-electron chi connectivity index (χ2n) is 7.71. The topological polar surface area (TPSA) is 50.4 Å². The lowest BCUT2D eigenvalue weighted by atomic mass is 10.1. The predicted octanol–water partition coefficient (Wildman–Crippen LogP) is 7.17. The van der Waals surface area contributed by atoms with Crippen molar-refractivity contribution in [1.82, 2.24) is 0 Å². The quantitative estimate of drug-likeness (QED) is 0.358. The van der Waals surface area contributed by atoms with Crippen molar-refractivity contribution in [2.24, 2.45) is 5.92 Å². The number of amides is 1. The molecule has 2 N–H and O–H groups in total. The van der Waals surface area contributed by atoms with Crippen molar-refractivity contribution in [1.29, 1.82) is 0 Å². The maximum atomic E-state index is 12.0. The number of para-hydroxylation sites is 1. The molecule has 1 amide bonds. The summed E-state index contributed by atoms with van der Waals surface area (Å²) in [6, 6.07) is 20.9. The Bertz CT molecular complexity index is 1040. The van der Waals surface area contributed by atoms with E-state index in [1.807, 2.05) is 68.4 Å². The number of benzene rings is 3. The van der Waals surface area contributed by atoms with E-state index in [-0.39, 0.29) is 5.91 Å². The molecule has 0 saturated carbocycles. The molecule has 0 heterocycles. The van der Waals surface area contributed by atoms with Crippen LogP contribution in [0.3, 0.4) is 0 Å². The molecule has 0 spiro atoms. The summed E-state index contributed by atoms with van der Waals surface area (Å²) >= 11 is 12.2. The molecule has 0 aliphatic carbocycles. The molecule has 0 bridgehead atoms. The molecular weight excluding hydrogens is 431 g/mol. The minimum atomic E-state index is 0.0201. The van der Waals surface area contributed by atoms with Crippen molar-refractivity contribution in [3.05, 3.63) is 87.9 Å². The van der Waals surface area contributed by atoms with Crippen molar-refractivity contribution in [2.45, 2.75) is 33.4 Å². The zero-order valence-electron chi connectivity index (χ0n) is 17.6. The number of carbonyl (C=O) groups is 1. The zero-order chi connectivity index (χ0) is 22.2. The molecule has 6 heteroatoms. The largest absolute Gasteiger partial charge is 0.488 e. The molecule has 0 radical (unpaired) electrons. The molecular formula is C25H26Cl2N2O2. The van der Waals surface area contributed by atoms with Gasteiger partial charge in [-0.05, 0) is 42.3 Å². The van der Waals surface area contributed by atoms with E-state index >= 15 is 0 Å². The average Bonchev–Trinajstić information content (AvgIpc) is 2.72. The number of halogens is 2. The fourth-order valence-corrected chi connectivity index (χ4v) is 3.53. The summed E-state index contributed by atoms with van der Waals surface area (Å²) in [6.07, 6.45) is 0.500. The normalized spacial score (nSPS) is 10.7. The average molecular weight is 457 g/mol. The Morgan fingerprint density at radius 3 is 2.48 bits per heavy atom. The number of hydrogen-bond acceptors (Lipinski definition) is 3. The molecule has 4 nitrogen and oxygen atoms in total. The maximum Gasteiger partial charge on any atom is 0.224 e.